The second-order valence-corrected chi connectivity index (χ2v) is 10.4. The number of halogens is 1. The van der Waals surface area contributed by atoms with Gasteiger partial charge in [-0.25, -0.2) is 13.9 Å². The van der Waals surface area contributed by atoms with Crippen molar-refractivity contribution in [2.45, 2.75) is 51.7 Å². The summed E-state index contributed by atoms with van der Waals surface area (Å²) in [7, 11) is 0. The number of carbonyl (C=O) groups excluding carboxylic acids is 2. The fraction of sp³-hybridized carbons (Fsp3) is 0.393. The predicted molar refractivity (Wildman–Crippen MR) is 137 cm³/mol. The molecule has 2 aliphatic rings. The number of hydrogen-bond acceptors (Lipinski definition) is 6. The number of benzene rings is 2. The summed E-state index contributed by atoms with van der Waals surface area (Å²) in [6.45, 7) is 6.99. The number of ether oxygens (including phenoxy) is 3. The van der Waals surface area contributed by atoms with Crippen molar-refractivity contribution in [1.82, 2.24) is 20.0 Å². The number of nitrogens with zero attached hydrogens (tertiary/aromatic N) is 3. The molecule has 0 unspecified atom stereocenters. The maximum atomic E-state index is 13.6. The van der Waals surface area contributed by atoms with Crippen molar-refractivity contribution in [3.8, 4) is 17.2 Å². The highest BCUT2D eigenvalue weighted by atomic mass is 19.1. The summed E-state index contributed by atoms with van der Waals surface area (Å²) in [5, 5.41) is 7.49. The molecule has 0 atom stereocenters. The van der Waals surface area contributed by atoms with E-state index in [4.69, 9.17) is 14.2 Å². The number of fused-ring (bicyclic) bond motifs is 1. The van der Waals surface area contributed by atoms with Crippen LogP contribution >= 0.6 is 0 Å². The minimum absolute atomic E-state index is 0.0347. The van der Waals surface area contributed by atoms with Gasteiger partial charge in [0.2, 0.25) is 6.79 Å². The van der Waals surface area contributed by atoms with Crippen LogP contribution in [-0.4, -0.2) is 52.2 Å². The van der Waals surface area contributed by atoms with E-state index in [1.54, 1.807) is 27.9 Å². The summed E-state index contributed by atoms with van der Waals surface area (Å²) >= 11 is 0. The summed E-state index contributed by atoms with van der Waals surface area (Å²) < 4.78 is 31.6. The number of rotatable bonds is 5. The maximum Gasteiger partial charge on any atom is 0.410 e. The zero-order valence-corrected chi connectivity index (χ0v) is 21.7. The highest BCUT2D eigenvalue weighted by molar-refractivity contribution is 5.95. The topological polar surface area (TPSA) is 94.9 Å². The maximum absolute atomic E-state index is 13.6. The van der Waals surface area contributed by atoms with E-state index in [9.17, 15) is 14.0 Å². The van der Waals surface area contributed by atoms with Gasteiger partial charge in [0.1, 0.15) is 11.4 Å². The fourth-order valence-corrected chi connectivity index (χ4v) is 4.70. The Kier molecular flexibility index (Phi) is 6.96. The molecule has 1 fully saturated rings. The van der Waals surface area contributed by atoms with Crippen LogP contribution in [0.3, 0.4) is 0 Å². The van der Waals surface area contributed by atoms with Crippen LogP contribution in [0.25, 0.3) is 5.69 Å². The Labute approximate surface area is 220 Å². The molecule has 5 rings (SSSR count). The molecule has 3 heterocycles. The minimum Gasteiger partial charge on any atom is -0.454 e. The number of aromatic nitrogens is 2. The quantitative estimate of drug-likeness (QED) is 0.518. The Morgan fingerprint density at radius 2 is 1.79 bits per heavy atom. The summed E-state index contributed by atoms with van der Waals surface area (Å²) in [6, 6.07) is 11.5. The SMILES string of the molecule is CC(C)(C)OC(=O)N1CCC(c2c(C(=O)NCc3ccc4c(c3)OCO4)cnn2-c2ccc(F)cc2)CC1. The van der Waals surface area contributed by atoms with Gasteiger partial charge < -0.3 is 24.4 Å². The van der Waals surface area contributed by atoms with Crippen molar-refractivity contribution in [2.75, 3.05) is 19.9 Å². The minimum atomic E-state index is -0.571. The number of piperidine rings is 1. The lowest BCUT2D eigenvalue weighted by atomic mass is 9.91. The van der Waals surface area contributed by atoms with Crippen molar-refractivity contribution in [1.29, 1.82) is 0 Å². The van der Waals surface area contributed by atoms with Crippen LogP contribution < -0.4 is 14.8 Å². The van der Waals surface area contributed by atoms with Crippen molar-refractivity contribution >= 4 is 12.0 Å². The Balaban J connectivity index is 1.36. The number of nitrogens with one attached hydrogen (secondary N) is 1. The predicted octanol–water partition coefficient (Wildman–Crippen LogP) is 4.78. The van der Waals surface area contributed by atoms with Gasteiger partial charge in [-0.2, -0.15) is 5.10 Å². The Bertz CT molecular complexity index is 1320. The summed E-state index contributed by atoms with van der Waals surface area (Å²) in [5.74, 6) is 0.682. The standard InChI is InChI=1S/C28H31FN4O5/c1-28(2,3)38-27(35)32-12-10-19(11-13-32)25-22(16-31-33(25)21-7-5-20(29)6-8-21)26(34)30-15-18-4-9-23-24(14-18)37-17-36-23/h4-9,14,16,19H,10-13,15,17H2,1-3H3,(H,30,34). The van der Waals surface area contributed by atoms with E-state index in [1.165, 1.54) is 12.1 Å². The fourth-order valence-electron chi connectivity index (χ4n) is 4.70. The van der Waals surface area contributed by atoms with E-state index in [0.29, 0.717) is 55.2 Å². The van der Waals surface area contributed by atoms with Crippen molar-refractivity contribution in [3.05, 3.63) is 71.3 Å². The van der Waals surface area contributed by atoms with E-state index in [2.05, 4.69) is 10.4 Å². The normalized spacial score (nSPS) is 15.4. The smallest absolute Gasteiger partial charge is 0.410 e. The summed E-state index contributed by atoms with van der Waals surface area (Å²) in [4.78, 5) is 27.6. The van der Waals surface area contributed by atoms with Crippen LogP contribution in [-0.2, 0) is 11.3 Å². The first kappa shape index (κ1) is 25.6. The van der Waals surface area contributed by atoms with Gasteiger partial charge in [0.15, 0.2) is 11.5 Å². The van der Waals surface area contributed by atoms with Crippen molar-refractivity contribution < 1.29 is 28.2 Å². The number of carbonyl (C=O) groups is 2. The van der Waals surface area contributed by atoms with Gasteiger partial charge in [-0.1, -0.05) is 6.07 Å². The van der Waals surface area contributed by atoms with Crippen LogP contribution in [0, 0.1) is 5.82 Å². The third-order valence-corrected chi connectivity index (χ3v) is 6.55. The average Bonchev–Trinajstić information content (AvgIpc) is 3.54. The van der Waals surface area contributed by atoms with E-state index >= 15 is 0 Å². The third-order valence-electron chi connectivity index (χ3n) is 6.55. The number of likely N-dealkylation sites (tertiary alicyclic amines) is 1. The lowest BCUT2D eigenvalue weighted by Crippen LogP contribution is -2.41. The molecule has 3 aromatic rings. The average molecular weight is 523 g/mol. The molecule has 0 radical (unpaired) electrons. The Hall–Kier alpha value is -4.08. The van der Waals surface area contributed by atoms with Gasteiger partial charge in [-0.3, -0.25) is 4.79 Å². The van der Waals surface area contributed by atoms with Crippen LogP contribution in [0.4, 0.5) is 9.18 Å². The van der Waals surface area contributed by atoms with Crippen molar-refractivity contribution in [3.63, 3.8) is 0 Å². The molecule has 38 heavy (non-hydrogen) atoms. The molecule has 0 saturated carbocycles. The second kappa shape index (κ2) is 10.4. The van der Waals surface area contributed by atoms with E-state index in [1.807, 2.05) is 39.0 Å². The van der Waals surface area contributed by atoms with Crippen molar-refractivity contribution in [2.24, 2.45) is 0 Å². The highest BCUT2D eigenvalue weighted by Gasteiger charge is 2.32. The monoisotopic (exact) mass is 522 g/mol. The van der Waals surface area contributed by atoms with Crippen LogP contribution in [0.2, 0.25) is 0 Å². The van der Waals surface area contributed by atoms with Crippen LogP contribution in [0.5, 0.6) is 11.5 Å². The Morgan fingerprint density at radius 1 is 1.08 bits per heavy atom. The third kappa shape index (κ3) is 5.58. The van der Waals surface area contributed by atoms with E-state index in [0.717, 1.165) is 11.3 Å². The lowest BCUT2D eigenvalue weighted by molar-refractivity contribution is 0.0203. The molecule has 0 spiro atoms. The molecule has 1 saturated heterocycles. The molecular weight excluding hydrogens is 491 g/mol. The van der Waals surface area contributed by atoms with E-state index < -0.39 is 5.60 Å². The van der Waals surface area contributed by atoms with Gasteiger partial charge in [0.05, 0.1) is 23.1 Å². The summed E-state index contributed by atoms with van der Waals surface area (Å²) in [6.07, 6.45) is 2.47. The van der Waals surface area contributed by atoms with Gasteiger partial charge in [-0.05, 0) is 75.6 Å². The molecule has 200 valence electrons. The molecule has 9 nitrogen and oxygen atoms in total. The van der Waals surface area contributed by atoms with Crippen LogP contribution in [0.1, 0.15) is 61.1 Å². The molecule has 1 aromatic heterocycles. The lowest BCUT2D eigenvalue weighted by Gasteiger charge is -2.34. The number of amides is 2. The second-order valence-electron chi connectivity index (χ2n) is 10.4. The molecule has 2 amide bonds. The molecule has 1 N–H and O–H groups in total. The first-order valence-corrected chi connectivity index (χ1v) is 12.7. The first-order chi connectivity index (χ1) is 18.2. The van der Waals surface area contributed by atoms with Gasteiger partial charge in [0.25, 0.3) is 5.91 Å². The zero-order valence-electron chi connectivity index (χ0n) is 21.7. The molecule has 0 aliphatic carbocycles. The van der Waals surface area contributed by atoms with Gasteiger partial charge >= 0.3 is 6.09 Å². The van der Waals surface area contributed by atoms with Crippen LogP contribution in [0.15, 0.2) is 48.7 Å². The molecular formula is C28H31FN4O5. The summed E-state index contributed by atoms with van der Waals surface area (Å²) in [5.41, 5.74) is 2.15. The molecule has 2 aromatic carbocycles. The molecule has 10 heteroatoms. The Morgan fingerprint density at radius 3 is 2.50 bits per heavy atom. The first-order valence-electron chi connectivity index (χ1n) is 12.7. The highest BCUT2D eigenvalue weighted by Crippen LogP contribution is 2.34. The van der Waals surface area contributed by atoms with E-state index in [-0.39, 0.29) is 30.5 Å². The number of hydrogen-bond donors (Lipinski definition) is 1. The van der Waals surface area contributed by atoms with Gasteiger partial charge in [0, 0.05) is 25.6 Å². The van der Waals surface area contributed by atoms with Gasteiger partial charge in [-0.15, -0.1) is 0 Å². The zero-order chi connectivity index (χ0) is 26.9. The molecule has 0 bridgehead atoms. The molecule has 2 aliphatic heterocycles. The largest absolute Gasteiger partial charge is 0.454 e.